The molecule has 0 unspecified atom stereocenters. The van der Waals surface area contributed by atoms with Gasteiger partial charge in [-0.2, -0.15) is 0 Å². The maximum atomic E-state index is 11.6. The van der Waals surface area contributed by atoms with Crippen molar-refractivity contribution >= 4 is 17.6 Å². The topological polar surface area (TPSA) is 44.8 Å². The van der Waals surface area contributed by atoms with Crippen LogP contribution in [-0.2, 0) is 22.6 Å². The molecule has 24 heavy (non-hydrogen) atoms. The number of carbonyl (C=O) groups is 1. The van der Waals surface area contributed by atoms with E-state index in [0.29, 0.717) is 23.1 Å². The number of methoxy groups -OCH3 is 1. The Hall–Kier alpha value is -2.20. The van der Waals surface area contributed by atoms with Gasteiger partial charge >= 0.3 is 5.97 Å². The van der Waals surface area contributed by atoms with Gasteiger partial charge in [0.2, 0.25) is 0 Å². The molecule has 0 aliphatic carbocycles. The number of rotatable bonds is 7. The molecule has 2 aromatic carbocycles. The van der Waals surface area contributed by atoms with Gasteiger partial charge < -0.3 is 14.2 Å². The largest absolute Gasteiger partial charge is 0.493 e. The van der Waals surface area contributed by atoms with Gasteiger partial charge in [0.1, 0.15) is 18.1 Å². The van der Waals surface area contributed by atoms with Crippen LogP contribution in [0.4, 0.5) is 0 Å². The van der Waals surface area contributed by atoms with Gasteiger partial charge in [0, 0.05) is 5.56 Å². The molecule has 0 N–H and O–H groups in total. The molecule has 128 valence electrons. The Bertz CT molecular complexity index is 713. The van der Waals surface area contributed by atoms with Crippen molar-refractivity contribution in [2.75, 3.05) is 13.7 Å². The van der Waals surface area contributed by atoms with Crippen LogP contribution in [0.25, 0.3) is 0 Å². The van der Waals surface area contributed by atoms with Crippen molar-refractivity contribution in [3.8, 4) is 11.5 Å². The zero-order valence-corrected chi connectivity index (χ0v) is 14.9. The van der Waals surface area contributed by atoms with Crippen molar-refractivity contribution in [3.63, 3.8) is 0 Å². The molecule has 2 aromatic rings. The van der Waals surface area contributed by atoms with Crippen LogP contribution >= 0.6 is 11.6 Å². The summed E-state index contributed by atoms with van der Waals surface area (Å²) >= 11 is 6.21. The number of esters is 1. The molecular weight excluding hydrogens is 328 g/mol. The van der Waals surface area contributed by atoms with Crippen LogP contribution in [-0.4, -0.2) is 19.7 Å². The lowest BCUT2D eigenvalue weighted by molar-refractivity contribution is -0.139. The maximum absolute atomic E-state index is 11.6. The zero-order valence-electron chi connectivity index (χ0n) is 14.1. The minimum atomic E-state index is -0.307. The summed E-state index contributed by atoms with van der Waals surface area (Å²) in [5.74, 6) is 0.984. The number of halogens is 1. The van der Waals surface area contributed by atoms with E-state index in [1.165, 1.54) is 7.11 Å². The first kappa shape index (κ1) is 18.1. The Morgan fingerprint density at radius 3 is 2.58 bits per heavy atom. The van der Waals surface area contributed by atoms with Crippen LogP contribution in [0.15, 0.2) is 36.4 Å². The minimum Gasteiger partial charge on any atom is -0.493 e. The number of carbonyl (C=O) groups excluding carboxylic acids is 1. The van der Waals surface area contributed by atoms with Gasteiger partial charge in [-0.25, -0.2) is 0 Å². The van der Waals surface area contributed by atoms with E-state index in [-0.39, 0.29) is 19.0 Å². The fourth-order valence-electron chi connectivity index (χ4n) is 2.33. The van der Waals surface area contributed by atoms with Crippen molar-refractivity contribution in [1.82, 2.24) is 0 Å². The standard InChI is InChI=1S/C19H21ClO4/c1-4-23-17-7-5-6-14(11-19(21)22-3)15(17)12-24-18-9-8-13(2)10-16(18)20/h5-10H,4,11-12H2,1-3H3. The molecule has 0 amide bonds. The van der Waals surface area contributed by atoms with Crippen molar-refractivity contribution < 1.29 is 19.0 Å². The van der Waals surface area contributed by atoms with Gasteiger partial charge in [-0.3, -0.25) is 4.79 Å². The van der Waals surface area contributed by atoms with Crippen LogP contribution in [0.3, 0.4) is 0 Å². The molecule has 0 aliphatic rings. The molecular formula is C19H21ClO4. The van der Waals surface area contributed by atoms with E-state index in [9.17, 15) is 4.79 Å². The molecule has 2 rings (SSSR count). The second-order valence-corrected chi connectivity index (χ2v) is 5.71. The SMILES string of the molecule is CCOc1cccc(CC(=O)OC)c1COc1ccc(C)cc1Cl. The van der Waals surface area contributed by atoms with Crippen molar-refractivity contribution in [2.24, 2.45) is 0 Å². The van der Waals surface area contributed by atoms with Crippen LogP contribution in [0, 0.1) is 6.92 Å². The average molecular weight is 349 g/mol. The molecule has 0 saturated heterocycles. The third kappa shape index (κ3) is 4.65. The first-order valence-electron chi connectivity index (χ1n) is 7.74. The molecule has 0 aliphatic heterocycles. The number of hydrogen-bond donors (Lipinski definition) is 0. The summed E-state index contributed by atoms with van der Waals surface area (Å²) in [6.45, 7) is 4.66. The van der Waals surface area contributed by atoms with Gasteiger partial charge in [-0.05, 0) is 43.2 Å². The average Bonchev–Trinajstić information content (AvgIpc) is 2.56. The fourth-order valence-corrected chi connectivity index (χ4v) is 2.62. The van der Waals surface area contributed by atoms with Crippen LogP contribution in [0.2, 0.25) is 5.02 Å². The highest BCUT2D eigenvalue weighted by atomic mass is 35.5. The molecule has 0 heterocycles. The summed E-state index contributed by atoms with van der Waals surface area (Å²) in [5, 5.41) is 0.554. The monoisotopic (exact) mass is 348 g/mol. The fraction of sp³-hybridized carbons (Fsp3) is 0.316. The number of benzene rings is 2. The number of ether oxygens (including phenoxy) is 3. The smallest absolute Gasteiger partial charge is 0.309 e. The van der Waals surface area contributed by atoms with E-state index in [4.69, 9.17) is 25.8 Å². The highest BCUT2D eigenvalue weighted by Gasteiger charge is 2.14. The number of hydrogen-bond acceptors (Lipinski definition) is 4. The molecule has 0 atom stereocenters. The Kier molecular flexibility index (Phi) is 6.50. The summed E-state index contributed by atoms with van der Waals surface area (Å²) in [6.07, 6.45) is 0.164. The molecule has 4 nitrogen and oxygen atoms in total. The molecule has 5 heteroatoms. The minimum absolute atomic E-state index is 0.164. The van der Waals surface area contributed by atoms with Crippen LogP contribution in [0.5, 0.6) is 11.5 Å². The first-order valence-corrected chi connectivity index (χ1v) is 8.12. The quantitative estimate of drug-likeness (QED) is 0.698. The predicted octanol–water partition coefficient (Wildman–Crippen LogP) is 4.34. The molecule has 0 spiro atoms. The van der Waals surface area contributed by atoms with Gasteiger partial charge in [-0.1, -0.05) is 29.8 Å². The Morgan fingerprint density at radius 1 is 1.12 bits per heavy atom. The second kappa shape index (κ2) is 8.60. The summed E-state index contributed by atoms with van der Waals surface area (Å²) in [5.41, 5.74) is 2.70. The lowest BCUT2D eigenvalue weighted by Crippen LogP contribution is -2.10. The molecule has 0 radical (unpaired) electrons. The Balaban J connectivity index is 2.26. The van der Waals surface area contributed by atoms with Crippen molar-refractivity contribution in [1.29, 1.82) is 0 Å². The third-order valence-electron chi connectivity index (χ3n) is 3.55. The third-order valence-corrected chi connectivity index (χ3v) is 3.85. The van der Waals surface area contributed by atoms with Gasteiger partial charge in [-0.15, -0.1) is 0 Å². The first-order chi connectivity index (χ1) is 11.5. The summed E-state index contributed by atoms with van der Waals surface area (Å²) in [4.78, 5) is 11.6. The Morgan fingerprint density at radius 2 is 1.92 bits per heavy atom. The summed E-state index contributed by atoms with van der Waals surface area (Å²) < 4.78 is 16.3. The van der Waals surface area contributed by atoms with Gasteiger partial charge in [0.05, 0.1) is 25.2 Å². The zero-order chi connectivity index (χ0) is 17.5. The number of aryl methyl sites for hydroxylation is 1. The van der Waals surface area contributed by atoms with E-state index >= 15 is 0 Å². The highest BCUT2D eigenvalue weighted by molar-refractivity contribution is 6.32. The van der Waals surface area contributed by atoms with E-state index in [1.807, 2.05) is 50.2 Å². The molecule has 0 aromatic heterocycles. The van der Waals surface area contributed by atoms with Crippen LogP contribution < -0.4 is 9.47 Å². The van der Waals surface area contributed by atoms with E-state index in [2.05, 4.69) is 0 Å². The lowest BCUT2D eigenvalue weighted by atomic mass is 10.0. The van der Waals surface area contributed by atoms with Crippen molar-refractivity contribution in [2.45, 2.75) is 26.9 Å². The van der Waals surface area contributed by atoms with Gasteiger partial charge in [0.25, 0.3) is 0 Å². The van der Waals surface area contributed by atoms with E-state index in [0.717, 1.165) is 16.7 Å². The maximum Gasteiger partial charge on any atom is 0.309 e. The Labute approximate surface area is 147 Å². The summed E-state index contributed by atoms with van der Waals surface area (Å²) in [7, 11) is 1.37. The van der Waals surface area contributed by atoms with Crippen molar-refractivity contribution in [3.05, 3.63) is 58.1 Å². The highest BCUT2D eigenvalue weighted by Crippen LogP contribution is 2.29. The predicted molar refractivity (Wildman–Crippen MR) is 93.9 cm³/mol. The van der Waals surface area contributed by atoms with E-state index in [1.54, 1.807) is 0 Å². The van der Waals surface area contributed by atoms with Gasteiger partial charge in [0.15, 0.2) is 0 Å². The molecule has 0 bridgehead atoms. The van der Waals surface area contributed by atoms with E-state index < -0.39 is 0 Å². The molecule has 0 saturated carbocycles. The second-order valence-electron chi connectivity index (χ2n) is 5.30. The molecule has 0 fully saturated rings. The lowest BCUT2D eigenvalue weighted by Gasteiger charge is -2.16. The normalized spacial score (nSPS) is 10.3. The summed E-state index contributed by atoms with van der Waals surface area (Å²) in [6, 6.07) is 11.2. The van der Waals surface area contributed by atoms with Crippen LogP contribution in [0.1, 0.15) is 23.6 Å².